The summed E-state index contributed by atoms with van der Waals surface area (Å²) in [6.07, 6.45) is 2.48. The summed E-state index contributed by atoms with van der Waals surface area (Å²) < 4.78 is 10.6. The van der Waals surface area contributed by atoms with Crippen LogP contribution in [0.25, 0.3) is 0 Å². The van der Waals surface area contributed by atoms with Crippen molar-refractivity contribution in [3.8, 4) is 11.5 Å². The molecule has 0 heterocycles. The maximum atomic E-state index is 11.5. The van der Waals surface area contributed by atoms with Gasteiger partial charge in [0.15, 0.2) is 0 Å². The Morgan fingerprint density at radius 3 is 2.89 bits per heavy atom. The first-order valence-corrected chi connectivity index (χ1v) is 6.43. The van der Waals surface area contributed by atoms with Crippen molar-refractivity contribution in [3.63, 3.8) is 0 Å². The molecule has 2 rings (SSSR count). The van der Waals surface area contributed by atoms with Crippen LogP contribution in [0.1, 0.15) is 24.8 Å². The Kier molecular flexibility index (Phi) is 4.63. The number of rotatable bonds is 7. The number of hydrogen-bond acceptors (Lipinski definition) is 4. The van der Waals surface area contributed by atoms with Crippen molar-refractivity contribution in [1.82, 2.24) is 5.32 Å². The smallest absolute Gasteiger partial charge is 0.223 e. The van der Waals surface area contributed by atoms with Crippen LogP contribution in [0.15, 0.2) is 18.2 Å². The summed E-state index contributed by atoms with van der Waals surface area (Å²) in [6.45, 7) is 0.187. The van der Waals surface area contributed by atoms with Gasteiger partial charge >= 0.3 is 0 Å². The number of benzene rings is 1. The van der Waals surface area contributed by atoms with Crippen molar-refractivity contribution in [1.29, 1.82) is 0 Å². The lowest BCUT2D eigenvalue weighted by atomic mass is 10.2. The molecule has 0 bridgehead atoms. The highest BCUT2D eigenvalue weighted by Gasteiger charge is 2.22. The number of methoxy groups -OCH3 is 1. The van der Waals surface area contributed by atoms with Crippen LogP contribution in [0.3, 0.4) is 0 Å². The quantitative estimate of drug-likeness (QED) is 0.778. The van der Waals surface area contributed by atoms with Gasteiger partial charge in [0.05, 0.1) is 26.7 Å². The predicted molar refractivity (Wildman–Crippen MR) is 70.2 cm³/mol. The first-order chi connectivity index (χ1) is 9.22. The average molecular weight is 265 g/mol. The van der Waals surface area contributed by atoms with Gasteiger partial charge in [0.2, 0.25) is 5.91 Å². The van der Waals surface area contributed by atoms with E-state index in [1.54, 1.807) is 25.3 Å². The van der Waals surface area contributed by atoms with E-state index < -0.39 is 0 Å². The van der Waals surface area contributed by atoms with E-state index in [4.69, 9.17) is 9.47 Å². The number of aliphatic hydroxyl groups excluding tert-OH is 1. The number of ether oxygens (including phenoxy) is 2. The SMILES string of the molecule is COc1ccc(CO)c(OCCC(=O)NC2CC2)c1. The highest BCUT2D eigenvalue weighted by Crippen LogP contribution is 2.25. The molecule has 1 aliphatic carbocycles. The maximum absolute atomic E-state index is 11.5. The molecule has 1 aromatic rings. The third kappa shape index (κ3) is 4.13. The van der Waals surface area contributed by atoms with Crippen LogP contribution in [0.5, 0.6) is 11.5 Å². The van der Waals surface area contributed by atoms with Crippen molar-refractivity contribution in [2.45, 2.75) is 31.9 Å². The highest BCUT2D eigenvalue weighted by molar-refractivity contribution is 5.76. The van der Waals surface area contributed by atoms with Gasteiger partial charge in [-0.2, -0.15) is 0 Å². The summed E-state index contributed by atoms with van der Waals surface area (Å²) in [7, 11) is 1.57. The Morgan fingerprint density at radius 1 is 1.47 bits per heavy atom. The molecule has 19 heavy (non-hydrogen) atoms. The first-order valence-electron chi connectivity index (χ1n) is 6.43. The highest BCUT2D eigenvalue weighted by atomic mass is 16.5. The van der Waals surface area contributed by atoms with Crippen LogP contribution in [0.2, 0.25) is 0 Å². The minimum absolute atomic E-state index is 0.0101. The van der Waals surface area contributed by atoms with Crippen LogP contribution in [-0.2, 0) is 11.4 Å². The van der Waals surface area contributed by atoms with Crippen LogP contribution in [0.4, 0.5) is 0 Å². The molecule has 0 aromatic heterocycles. The van der Waals surface area contributed by atoms with Crippen LogP contribution in [-0.4, -0.2) is 30.8 Å². The molecule has 0 saturated heterocycles. The molecule has 1 aromatic carbocycles. The fraction of sp³-hybridized carbons (Fsp3) is 0.500. The fourth-order valence-electron chi connectivity index (χ4n) is 1.71. The monoisotopic (exact) mass is 265 g/mol. The lowest BCUT2D eigenvalue weighted by molar-refractivity contribution is -0.121. The number of carbonyl (C=O) groups is 1. The van der Waals surface area contributed by atoms with Gasteiger partial charge in [-0.25, -0.2) is 0 Å². The lowest BCUT2D eigenvalue weighted by Crippen LogP contribution is -2.26. The van der Waals surface area contributed by atoms with Crippen molar-refractivity contribution in [2.24, 2.45) is 0 Å². The summed E-state index contributed by atoms with van der Waals surface area (Å²) in [4.78, 5) is 11.5. The minimum Gasteiger partial charge on any atom is -0.497 e. The van der Waals surface area contributed by atoms with Gasteiger partial charge in [0.25, 0.3) is 0 Å². The number of amides is 1. The Hall–Kier alpha value is -1.75. The molecule has 0 spiro atoms. The van der Waals surface area contributed by atoms with E-state index in [0.717, 1.165) is 12.8 Å². The van der Waals surface area contributed by atoms with Gasteiger partial charge in [-0.15, -0.1) is 0 Å². The van der Waals surface area contributed by atoms with Crippen LogP contribution in [0, 0.1) is 0 Å². The second-order valence-corrected chi connectivity index (χ2v) is 4.57. The van der Waals surface area contributed by atoms with E-state index in [0.29, 0.717) is 36.1 Å². The lowest BCUT2D eigenvalue weighted by Gasteiger charge is -2.11. The molecule has 104 valence electrons. The summed E-state index contributed by atoms with van der Waals surface area (Å²) in [5.74, 6) is 1.23. The largest absolute Gasteiger partial charge is 0.497 e. The van der Waals surface area contributed by atoms with E-state index in [1.165, 1.54) is 0 Å². The van der Waals surface area contributed by atoms with Gasteiger partial charge in [-0.05, 0) is 25.0 Å². The summed E-state index contributed by atoms with van der Waals surface area (Å²) >= 11 is 0. The van der Waals surface area contributed by atoms with Gasteiger partial charge in [0, 0.05) is 17.7 Å². The molecule has 0 atom stereocenters. The molecule has 5 nitrogen and oxygen atoms in total. The predicted octanol–water partition coefficient (Wildman–Crippen LogP) is 1.23. The topological polar surface area (TPSA) is 67.8 Å². The molecule has 5 heteroatoms. The molecule has 1 aliphatic rings. The Balaban J connectivity index is 1.84. The average Bonchev–Trinajstić information content (AvgIpc) is 3.22. The molecule has 0 aliphatic heterocycles. The standard InChI is InChI=1S/C14H19NO4/c1-18-12-5-2-10(9-16)13(8-12)19-7-6-14(17)15-11-3-4-11/h2,5,8,11,16H,3-4,6-7,9H2,1H3,(H,15,17). The molecule has 0 radical (unpaired) electrons. The van der Waals surface area contributed by atoms with E-state index in [-0.39, 0.29) is 12.5 Å². The first kappa shape index (κ1) is 13.7. The molecule has 0 unspecified atom stereocenters. The van der Waals surface area contributed by atoms with E-state index >= 15 is 0 Å². The zero-order valence-electron chi connectivity index (χ0n) is 11.0. The second kappa shape index (κ2) is 6.43. The number of hydrogen-bond donors (Lipinski definition) is 2. The zero-order chi connectivity index (χ0) is 13.7. The Morgan fingerprint density at radius 2 is 2.26 bits per heavy atom. The van der Waals surface area contributed by atoms with E-state index in [1.807, 2.05) is 0 Å². The van der Waals surface area contributed by atoms with Crippen LogP contribution >= 0.6 is 0 Å². The molecular formula is C14H19NO4. The molecule has 1 fully saturated rings. The Labute approximate surface area is 112 Å². The maximum Gasteiger partial charge on any atom is 0.223 e. The molecule has 1 amide bonds. The third-order valence-electron chi connectivity index (χ3n) is 2.97. The number of aliphatic hydroxyl groups is 1. The van der Waals surface area contributed by atoms with Gasteiger partial charge in [0.1, 0.15) is 11.5 Å². The summed E-state index contributed by atoms with van der Waals surface area (Å²) in [5.41, 5.74) is 0.684. The van der Waals surface area contributed by atoms with Crippen LogP contribution < -0.4 is 14.8 Å². The van der Waals surface area contributed by atoms with Gasteiger partial charge in [-0.3, -0.25) is 4.79 Å². The van der Waals surface area contributed by atoms with Gasteiger partial charge < -0.3 is 19.9 Å². The number of nitrogens with one attached hydrogen (secondary N) is 1. The zero-order valence-corrected chi connectivity index (χ0v) is 11.0. The van der Waals surface area contributed by atoms with Crippen molar-refractivity contribution in [2.75, 3.05) is 13.7 Å². The van der Waals surface area contributed by atoms with E-state index in [2.05, 4.69) is 5.32 Å². The van der Waals surface area contributed by atoms with Crippen molar-refractivity contribution >= 4 is 5.91 Å². The second-order valence-electron chi connectivity index (χ2n) is 4.57. The molecule has 1 saturated carbocycles. The van der Waals surface area contributed by atoms with Crippen molar-refractivity contribution < 1.29 is 19.4 Å². The summed E-state index contributed by atoms with van der Waals surface area (Å²) in [5, 5.41) is 12.1. The fourth-order valence-corrected chi connectivity index (χ4v) is 1.71. The third-order valence-corrected chi connectivity index (χ3v) is 2.97. The van der Waals surface area contributed by atoms with Crippen molar-refractivity contribution in [3.05, 3.63) is 23.8 Å². The minimum atomic E-state index is -0.104. The Bertz CT molecular complexity index is 443. The van der Waals surface area contributed by atoms with Gasteiger partial charge in [-0.1, -0.05) is 0 Å². The van der Waals surface area contributed by atoms with E-state index in [9.17, 15) is 9.90 Å². The normalized spacial score (nSPS) is 14.0. The molecule has 2 N–H and O–H groups in total. The summed E-state index contributed by atoms with van der Waals surface area (Å²) in [6, 6.07) is 5.60. The molecular weight excluding hydrogens is 246 g/mol. The number of carbonyl (C=O) groups excluding carboxylic acids is 1.